The second-order valence-corrected chi connectivity index (χ2v) is 10.8. The Morgan fingerprint density at radius 3 is 2.30 bits per heavy atom. The third kappa shape index (κ3) is 4.67. The molecule has 2 heterocycles. The number of carbonyl (C=O) groups excluding carboxylic acids is 1. The van der Waals surface area contributed by atoms with Crippen molar-refractivity contribution in [2.45, 2.75) is 4.90 Å². The van der Waals surface area contributed by atoms with Crippen LogP contribution in [0.5, 0.6) is 0 Å². The second kappa shape index (κ2) is 9.70. The molecule has 1 amide bonds. The number of amides is 1. The van der Waals surface area contributed by atoms with Crippen LogP contribution < -0.4 is 14.6 Å². The Bertz CT molecular complexity index is 1610. The van der Waals surface area contributed by atoms with Crippen molar-refractivity contribution in [3.63, 3.8) is 0 Å². The minimum atomic E-state index is -4.04. The number of aromatic amines is 1. The molecule has 8 nitrogen and oxygen atoms in total. The summed E-state index contributed by atoms with van der Waals surface area (Å²) < 4.78 is 40.8. The predicted octanol–water partition coefficient (Wildman–Crippen LogP) is 3.45. The van der Waals surface area contributed by atoms with Crippen LogP contribution in [0.4, 0.5) is 15.8 Å². The Labute approximate surface area is 213 Å². The molecule has 1 saturated heterocycles. The summed E-state index contributed by atoms with van der Waals surface area (Å²) in [7, 11) is -2.69. The van der Waals surface area contributed by atoms with Gasteiger partial charge in [-0.05, 0) is 54.6 Å². The van der Waals surface area contributed by atoms with E-state index < -0.39 is 27.2 Å². The van der Waals surface area contributed by atoms with E-state index in [1.54, 1.807) is 4.90 Å². The molecule has 10 heteroatoms. The molecule has 0 aliphatic carbocycles. The van der Waals surface area contributed by atoms with Gasteiger partial charge in [-0.25, -0.2) is 12.8 Å². The van der Waals surface area contributed by atoms with Gasteiger partial charge in [-0.1, -0.05) is 18.2 Å². The number of sulfonamides is 1. The lowest BCUT2D eigenvalue weighted by Crippen LogP contribution is -2.49. The first-order valence-electron chi connectivity index (χ1n) is 11.7. The molecule has 1 N–H and O–H groups in total. The van der Waals surface area contributed by atoms with Crippen LogP contribution in [-0.2, 0) is 10.0 Å². The zero-order valence-electron chi connectivity index (χ0n) is 20.1. The lowest BCUT2D eigenvalue weighted by Gasteiger charge is -2.36. The number of nitrogens with zero attached hydrogens (tertiary/aromatic N) is 3. The fraction of sp³-hybridized carbons (Fsp3) is 0.185. The molecule has 3 aromatic carbocycles. The topological polar surface area (TPSA) is 93.8 Å². The van der Waals surface area contributed by atoms with E-state index in [9.17, 15) is 22.4 Å². The van der Waals surface area contributed by atoms with E-state index in [4.69, 9.17) is 0 Å². The number of aromatic nitrogens is 1. The van der Waals surface area contributed by atoms with E-state index in [0.29, 0.717) is 31.7 Å². The van der Waals surface area contributed by atoms with Gasteiger partial charge in [-0.15, -0.1) is 0 Å². The number of fused-ring (bicyclic) bond motifs is 1. The number of H-pyrrole nitrogens is 1. The Morgan fingerprint density at radius 2 is 1.62 bits per heavy atom. The summed E-state index contributed by atoms with van der Waals surface area (Å²) >= 11 is 0. The van der Waals surface area contributed by atoms with Gasteiger partial charge in [0.2, 0.25) is 5.43 Å². The minimum absolute atomic E-state index is 0.0397. The summed E-state index contributed by atoms with van der Waals surface area (Å²) in [6.45, 7) is 2.20. The molecule has 4 aromatic rings. The van der Waals surface area contributed by atoms with Gasteiger partial charge in [0, 0.05) is 56.0 Å². The van der Waals surface area contributed by atoms with E-state index in [1.807, 2.05) is 30.3 Å². The van der Waals surface area contributed by atoms with Crippen LogP contribution in [0.3, 0.4) is 0 Å². The third-order valence-electron chi connectivity index (χ3n) is 6.62. The fourth-order valence-corrected chi connectivity index (χ4v) is 5.66. The van der Waals surface area contributed by atoms with Crippen molar-refractivity contribution in [3.05, 3.63) is 101 Å². The summed E-state index contributed by atoms with van der Waals surface area (Å²) in [6, 6.07) is 19.1. The largest absolute Gasteiger partial charge is 0.368 e. The molecule has 0 radical (unpaired) electrons. The number of benzene rings is 3. The highest BCUT2D eigenvalue weighted by atomic mass is 32.2. The highest BCUT2D eigenvalue weighted by Crippen LogP contribution is 2.24. The van der Waals surface area contributed by atoms with Crippen LogP contribution in [0.2, 0.25) is 0 Å². The summed E-state index contributed by atoms with van der Waals surface area (Å²) in [5.41, 5.74) is 1.19. The molecule has 1 aromatic heterocycles. The first-order valence-corrected chi connectivity index (χ1v) is 13.2. The standard InChI is InChI=1S/C27H25FN4O4S/c1-30(20-9-7-19(28)8-10-20)37(35,36)22-11-12-25-23(17-22)26(33)24(18-29-25)27(34)32-15-13-31(14-16-32)21-5-3-2-4-6-21/h2-12,17-18H,13-16H2,1H3,(H,29,33). The van der Waals surface area contributed by atoms with Crippen molar-refractivity contribution in [1.82, 2.24) is 9.88 Å². The molecule has 0 saturated carbocycles. The predicted molar refractivity (Wildman–Crippen MR) is 141 cm³/mol. The molecule has 1 aliphatic rings. The summed E-state index contributed by atoms with van der Waals surface area (Å²) in [6.07, 6.45) is 1.38. The van der Waals surface area contributed by atoms with Crippen LogP contribution >= 0.6 is 0 Å². The summed E-state index contributed by atoms with van der Waals surface area (Å²) in [4.78, 5) is 33.2. The Kier molecular flexibility index (Phi) is 6.43. The molecule has 0 atom stereocenters. The highest BCUT2D eigenvalue weighted by molar-refractivity contribution is 7.92. The van der Waals surface area contributed by atoms with Crippen molar-refractivity contribution < 1.29 is 17.6 Å². The molecule has 190 valence electrons. The number of hydrogen-bond donors (Lipinski definition) is 1. The number of rotatable bonds is 5. The molecule has 0 unspecified atom stereocenters. The molecule has 1 fully saturated rings. The highest BCUT2D eigenvalue weighted by Gasteiger charge is 2.26. The van der Waals surface area contributed by atoms with Crippen LogP contribution in [0.25, 0.3) is 10.9 Å². The summed E-state index contributed by atoms with van der Waals surface area (Å²) in [5, 5.41) is 0.0994. The molecular formula is C27H25FN4O4S. The maximum atomic E-state index is 13.3. The van der Waals surface area contributed by atoms with Gasteiger partial charge in [0.05, 0.1) is 10.6 Å². The number of piperazine rings is 1. The van der Waals surface area contributed by atoms with Crippen LogP contribution in [0.15, 0.2) is 88.7 Å². The van der Waals surface area contributed by atoms with Gasteiger partial charge in [-0.2, -0.15) is 0 Å². The smallest absolute Gasteiger partial charge is 0.264 e. The number of para-hydroxylation sites is 1. The van der Waals surface area contributed by atoms with Crippen molar-refractivity contribution >= 4 is 38.2 Å². The van der Waals surface area contributed by atoms with Crippen molar-refractivity contribution in [2.75, 3.05) is 42.4 Å². The van der Waals surface area contributed by atoms with E-state index in [1.165, 1.54) is 55.7 Å². The van der Waals surface area contributed by atoms with Crippen LogP contribution in [0, 0.1) is 5.82 Å². The van der Waals surface area contributed by atoms with Crippen LogP contribution in [-0.4, -0.2) is 57.4 Å². The van der Waals surface area contributed by atoms with Crippen LogP contribution in [0.1, 0.15) is 10.4 Å². The van der Waals surface area contributed by atoms with Crippen molar-refractivity contribution in [2.24, 2.45) is 0 Å². The number of anilines is 2. The van der Waals surface area contributed by atoms with Gasteiger partial charge in [0.1, 0.15) is 11.4 Å². The Balaban J connectivity index is 1.41. The van der Waals surface area contributed by atoms with Crippen molar-refractivity contribution in [3.8, 4) is 0 Å². The zero-order chi connectivity index (χ0) is 26.2. The minimum Gasteiger partial charge on any atom is -0.368 e. The Hall–Kier alpha value is -4.18. The van der Waals surface area contributed by atoms with Gasteiger partial charge in [0.15, 0.2) is 0 Å². The third-order valence-corrected chi connectivity index (χ3v) is 8.40. The average molecular weight is 521 g/mol. The lowest BCUT2D eigenvalue weighted by molar-refractivity contribution is 0.0745. The average Bonchev–Trinajstić information content (AvgIpc) is 2.93. The molecule has 0 bridgehead atoms. The molecule has 0 spiro atoms. The maximum absolute atomic E-state index is 13.3. The van der Waals surface area contributed by atoms with Crippen molar-refractivity contribution in [1.29, 1.82) is 0 Å². The number of halogens is 1. The van der Waals surface area contributed by atoms with Gasteiger partial charge < -0.3 is 14.8 Å². The quantitative estimate of drug-likeness (QED) is 0.435. The normalized spacial score (nSPS) is 14.1. The number of hydrogen-bond acceptors (Lipinski definition) is 5. The number of nitrogens with one attached hydrogen (secondary N) is 1. The van der Waals surface area contributed by atoms with Gasteiger partial charge in [-0.3, -0.25) is 13.9 Å². The molecule has 5 rings (SSSR count). The number of carbonyl (C=O) groups is 1. The first-order chi connectivity index (χ1) is 17.8. The van der Waals surface area contributed by atoms with E-state index in [0.717, 1.165) is 9.99 Å². The van der Waals surface area contributed by atoms with E-state index in [2.05, 4.69) is 9.88 Å². The monoisotopic (exact) mass is 520 g/mol. The van der Waals surface area contributed by atoms with E-state index >= 15 is 0 Å². The van der Waals surface area contributed by atoms with E-state index in [-0.39, 0.29) is 21.5 Å². The number of pyridine rings is 1. The second-order valence-electron chi connectivity index (χ2n) is 8.80. The SMILES string of the molecule is CN(c1ccc(F)cc1)S(=O)(=O)c1ccc2[nH]cc(C(=O)N3CCN(c4ccccc4)CC3)c(=O)c2c1. The molecular weight excluding hydrogens is 495 g/mol. The van der Waals surface area contributed by atoms with Gasteiger partial charge >= 0.3 is 0 Å². The Morgan fingerprint density at radius 1 is 0.946 bits per heavy atom. The first kappa shape index (κ1) is 24.5. The summed E-state index contributed by atoms with van der Waals surface area (Å²) in [5.74, 6) is -0.877. The molecule has 37 heavy (non-hydrogen) atoms. The lowest BCUT2D eigenvalue weighted by atomic mass is 10.1. The van der Waals surface area contributed by atoms with Gasteiger partial charge in [0.25, 0.3) is 15.9 Å². The zero-order valence-corrected chi connectivity index (χ0v) is 20.9. The maximum Gasteiger partial charge on any atom is 0.264 e. The fourth-order valence-electron chi connectivity index (χ4n) is 4.44. The molecule has 1 aliphatic heterocycles.